The van der Waals surface area contributed by atoms with Gasteiger partial charge in [0, 0.05) is 10.6 Å². The Bertz CT molecular complexity index is 1450. The Morgan fingerprint density at radius 2 is 1.93 bits per heavy atom. The highest BCUT2D eigenvalue weighted by molar-refractivity contribution is 7.21. The van der Waals surface area contributed by atoms with E-state index in [0.29, 0.717) is 15.9 Å². The van der Waals surface area contributed by atoms with Gasteiger partial charge in [-0.25, -0.2) is 9.97 Å². The van der Waals surface area contributed by atoms with Gasteiger partial charge < -0.3 is 5.32 Å². The number of aryl methyl sites for hydroxylation is 1. The highest BCUT2D eigenvalue weighted by Gasteiger charge is 2.13. The molecule has 1 amide bonds. The van der Waals surface area contributed by atoms with Crippen LogP contribution in [0.4, 0.5) is 5.69 Å². The lowest BCUT2D eigenvalue weighted by Gasteiger charge is -2.07. The molecule has 5 aromatic rings. The zero-order valence-corrected chi connectivity index (χ0v) is 17.6. The van der Waals surface area contributed by atoms with E-state index in [2.05, 4.69) is 15.3 Å². The molecule has 0 aliphatic carbocycles. The third-order valence-electron chi connectivity index (χ3n) is 4.67. The number of thiazole rings is 1. The smallest absolute Gasteiger partial charge is 0.262 e. The number of nitrogens with zero attached hydrogens (tertiary/aromatic N) is 3. The highest BCUT2D eigenvalue weighted by Crippen LogP contribution is 2.30. The van der Waals surface area contributed by atoms with Crippen LogP contribution in [0.3, 0.4) is 0 Å². The summed E-state index contributed by atoms with van der Waals surface area (Å²) in [6.07, 6.45) is 1.44. The third-order valence-corrected chi connectivity index (χ3v) is 6.70. The third kappa shape index (κ3) is 3.51. The first kappa shape index (κ1) is 18.7. The predicted molar refractivity (Wildman–Crippen MR) is 122 cm³/mol. The van der Waals surface area contributed by atoms with Crippen LogP contribution in [0, 0.1) is 6.92 Å². The average molecular weight is 433 g/mol. The molecule has 0 spiro atoms. The van der Waals surface area contributed by atoms with E-state index in [9.17, 15) is 9.59 Å². The summed E-state index contributed by atoms with van der Waals surface area (Å²) in [5.41, 5.74) is 2.41. The van der Waals surface area contributed by atoms with E-state index in [1.807, 2.05) is 61.5 Å². The van der Waals surface area contributed by atoms with E-state index in [1.54, 1.807) is 11.3 Å². The molecule has 5 rings (SSSR count). The lowest BCUT2D eigenvalue weighted by Crippen LogP contribution is -2.27. The van der Waals surface area contributed by atoms with Crippen LogP contribution in [-0.4, -0.2) is 20.4 Å². The number of anilines is 1. The normalized spacial score (nSPS) is 11.2. The second kappa shape index (κ2) is 7.47. The van der Waals surface area contributed by atoms with Gasteiger partial charge >= 0.3 is 0 Å². The van der Waals surface area contributed by atoms with E-state index in [1.165, 1.54) is 22.2 Å². The summed E-state index contributed by atoms with van der Waals surface area (Å²) in [5.74, 6) is -0.280. The maximum Gasteiger partial charge on any atom is 0.262 e. The topological polar surface area (TPSA) is 76.9 Å². The Balaban J connectivity index is 1.39. The zero-order valence-electron chi connectivity index (χ0n) is 16.0. The number of hydrogen-bond acceptors (Lipinski definition) is 6. The zero-order chi connectivity index (χ0) is 20.7. The highest BCUT2D eigenvalue weighted by atomic mass is 32.1. The van der Waals surface area contributed by atoms with Gasteiger partial charge in [0.2, 0.25) is 5.91 Å². The molecule has 0 saturated carbocycles. The lowest BCUT2D eigenvalue weighted by molar-refractivity contribution is -0.116. The minimum absolute atomic E-state index is 0.0992. The molecule has 8 heteroatoms. The van der Waals surface area contributed by atoms with E-state index >= 15 is 0 Å². The minimum Gasteiger partial charge on any atom is -0.324 e. The van der Waals surface area contributed by atoms with E-state index in [-0.39, 0.29) is 18.0 Å². The molecular weight excluding hydrogens is 416 g/mol. The first-order valence-corrected chi connectivity index (χ1v) is 10.9. The molecule has 0 bridgehead atoms. The van der Waals surface area contributed by atoms with Crippen molar-refractivity contribution in [3.05, 3.63) is 76.3 Å². The van der Waals surface area contributed by atoms with Crippen molar-refractivity contribution in [3.8, 4) is 10.4 Å². The Hall–Kier alpha value is -3.36. The molecule has 0 radical (unpaired) electrons. The number of amides is 1. The van der Waals surface area contributed by atoms with Gasteiger partial charge in [0.25, 0.3) is 5.56 Å². The van der Waals surface area contributed by atoms with Gasteiger partial charge in [-0.15, -0.1) is 22.7 Å². The molecular formula is C22H16N4O2S2. The van der Waals surface area contributed by atoms with Crippen molar-refractivity contribution in [2.45, 2.75) is 13.5 Å². The van der Waals surface area contributed by atoms with Crippen LogP contribution in [0.2, 0.25) is 0 Å². The van der Waals surface area contributed by atoms with Crippen molar-refractivity contribution in [1.82, 2.24) is 14.5 Å². The molecule has 3 heterocycles. The summed E-state index contributed by atoms with van der Waals surface area (Å²) in [6, 6.07) is 17.3. The SMILES string of the molecule is Cc1nc2ccc(NC(=O)Cn3cnc4sc(-c5ccccc5)cc4c3=O)cc2s1. The molecule has 0 fully saturated rings. The van der Waals surface area contributed by atoms with E-state index in [0.717, 1.165) is 25.7 Å². The van der Waals surface area contributed by atoms with Crippen LogP contribution in [0.15, 0.2) is 65.7 Å². The van der Waals surface area contributed by atoms with Crippen LogP contribution in [0.1, 0.15) is 5.01 Å². The molecule has 0 aliphatic heterocycles. The Morgan fingerprint density at radius 1 is 1.10 bits per heavy atom. The van der Waals surface area contributed by atoms with Crippen LogP contribution < -0.4 is 10.9 Å². The summed E-state index contributed by atoms with van der Waals surface area (Å²) < 4.78 is 2.35. The number of nitrogens with one attached hydrogen (secondary N) is 1. The number of aromatic nitrogens is 3. The van der Waals surface area contributed by atoms with Crippen LogP contribution >= 0.6 is 22.7 Å². The number of hydrogen-bond donors (Lipinski definition) is 1. The summed E-state index contributed by atoms with van der Waals surface area (Å²) in [4.78, 5) is 35.9. The monoisotopic (exact) mass is 432 g/mol. The van der Waals surface area contributed by atoms with E-state index < -0.39 is 0 Å². The van der Waals surface area contributed by atoms with Gasteiger partial charge in [-0.3, -0.25) is 14.2 Å². The lowest BCUT2D eigenvalue weighted by atomic mass is 10.2. The Morgan fingerprint density at radius 3 is 2.77 bits per heavy atom. The van der Waals surface area contributed by atoms with Crippen molar-refractivity contribution in [2.75, 3.05) is 5.32 Å². The number of benzene rings is 2. The fourth-order valence-electron chi connectivity index (χ4n) is 3.29. The summed E-state index contributed by atoms with van der Waals surface area (Å²) in [5, 5.41) is 4.35. The van der Waals surface area contributed by atoms with Gasteiger partial charge in [-0.05, 0) is 36.8 Å². The van der Waals surface area contributed by atoms with Crippen molar-refractivity contribution >= 4 is 54.7 Å². The molecule has 2 aromatic carbocycles. The number of fused-ring (bicyclic) bond motifs is 2. The summed E-state index contributed by atoms with van der Waals surface area (Å²) >= 11 is 3.04. The predicted octanol–water partition coefficient (Wildman–Crippen LogP) is 4.68. The van der Waals surface area contributed by atoms with Crippen LogP contribution in [0.5, 0.6) is 0 Å². The van der Waals surface area contributed by atoms with Crippen molar-refractivity contribution < 1.29 is 4.79 Å². The molecule has 0 aliphatic rings. The standard InChI is InChI=1S/C22H16N4O2S2/c1-13-24-17-8-7-15(9-19(17)29-13)25-20(27)11-26-12-23-21-16(22(26)28)10-18(30-21)14-5-3-2-4-6-14/h2-10,12H,11H2,1H3,(H,25,27). The Labute approximate surface area is 179 Å². The summed E-state index contributed by atoms with van der Waals surface area (Å²) in [7, 11) is 0. The number of rotatable bonds is 4. The van der Waals surface area contributed by atoms with Gasteiger partial charge in [0.05, 0.1) is 26.9 Å². The molecule has 0 saturated heterocycles. The minimum atomic E-state index is -0.280. The number of carbonyl (C=O) groups excluding carboxylic acids is 1. The fourth-order valence-corrected chi connectivity index (χ4v) is 5.15. The van der Waals surface area contributed by atoms with Crippen molar-refractivity contribution in [3.63, 3.8) is 0 Å². The largest absolute Gasteiger partial charge is 0.324 e. The molecule has 0 unspecified atom stereocenters. The Kier molecular flexibility index (Phi) is 4.65. The van der Waals surface area contributed by atoms with E-state index in [4.69, 9.17) is 0 Å². The van der Waals surface area contributed by atoms with Crippen molar-refractivity contribution in [2.24, 2.45) is 0 Å². The molecule has 3 aromatic heterocycles. The first-order chi connectivity index (χ1) is 14.6. The van der Waals surface area contributed by atoms with Crippen LogP contribution in [-0.2, 0) is 11.3 Å². The van der Waals surface area contributed by atoms with Gasteiger partial charge in [-0.2, -0.15) is 0 Å². The molecule has 30 heavy (non-hydrogen) atoms. The average Bonchev–Trinajstić information content (AvgIpc) is 3.33. The molecule has 1 N–H and O–H groups in total. The molecule has 0 atom stereocenters. The second-order valence-corrected chi connectivity index (χ2v) is 9.10. The first-order valence-electron chi connectivity index (χ1n) is 9.28. The van der Waals surface area contributed by atoms with Gasteiger partial charge in [-0.1, -0.05) is 30.3 Å². The molecule has 6 nitrogen and oxygen atoms in total. The van der Waals surface area contributed by atoms with Crippen LogP contribution in [0.25, 0.3) is 30.9 Å². The fraction of sp³-hybridized carbons (Fsp3) is 0.0909. The maximum absolute atomic E-state index is 12.9. The number of thiophene rings is 1. The van der Waals surface area contributed by atoms with Gasteiger partial charge in [0.15, 0.2) is 0 Å². The quantitative estimate of drug-likeness (QED) is 0.447. The maximum atomic E-state index is 12.9. The van der Waals surface area contributed by atoms with Gasteiger partial charge in [0.1, 0.15) is 11.4 Å². The summed E-state index contributed by atoms with van der Waals surface area (Å²) in [6.45, 7) is 1.85. The number of carbonyl (C=O) groups is 1. The van der Waals surface area contributed by atoms with Crippen molar-refractivity contribution in [1.29, 1.82) is 0 Å². The molecule has 148 valence electrons. The second-order valence-electron chi connectivity index (χ2n) is 6.84.